The van der Waals surface area contributed by atoms with E-state index in [1.807, 2.05) is 0 Å². The van der Waals surface area contributed by atoms with E-state index in [2.05, 4.69) is 5.32 Å². The van der Waals surface area contributed by atoms with Gasteiger partial charge in [-0.15, -0.1) is 0 Å². The van der Waals surface area contributed by atoms with Crippen molar-refractivity contribution in [1.82, 2.24) is 0 Å². The van der Waals surface area contributed by atoms with Gasteiger partial charge in [0.2, 0.25) is 0 Å². The van der Waals surface area contributed by atoms with Gasteiger partial charge >= 0.3 is 0 Å². The van der Waals surface area contributed by atoms with Crippen molar-refractivity contribution in [3.8, 4) is 0 Å². The molecular formula is C8H7ClF3N. The fourth-order valence-electron chi connectivity index (χ4n) is 0.801. The van der Waals surface area contributed by atoms with E-state index < -0.39 is 18.8 Å². The first-order valence-electron chi connectivity index (χ1n) is 3.56. The van der Waals surface area contributed by atoms with Gasteiger partial charge in [0, 0.05) is 5.69 Å². The van der Waals surface area contributed by atoms with Gasteiger partial charge in [-0.1, -0.05) is 11.6 Å². The molecule has 0 aliphatic rings. The monoisotopic (exact) mass is 209 g/mol. The third-order valence-electron chi connectivity index (χ3n) is 1.38. The van der Waals surface area contributed by atoms with Crippen LogP contribution in [-0.4, -0.2) is 13.0 Å². The van der Waals surface area contributed by atoms with Crippen LogP contribution in [0.15, 0.2) is 18.2 Å². The molecule has 1 rings (SSSR count). The van der Waals surface area contributed by atoms with Gasteiger partial charge in [-0.25, -0.2) is 13.2 Å². The maximum atomic E-state index is 12.7. The first-order valence-corrected chi connectivity index (χ1v) is 3.94. The van der Waals surface area contributed by atoms with Gasteiger partial charge in [0.1, 0.15) is 5.82 Å². The van der Waals surface area contributed by atoms with Crippen LogP contribution in [0.4, 0.5) is 18.9 Å². The lowest BCUT2D eigenvalue weighted by molar-refractivity contribution is 0.163. The van der Waals surface area contributed by atoms with Crippen LogP contribution in [0, 0.1) is 5.82 Å². The molecule has 0 unspecified atom stereocenters. The molecule has 0 spiro atoms. The second kappa shape index (κ2) is 4.37. The van der Waals surface area contributed by atoms with E-state index in [1.54, 1.807) is 0 Å². The Morgan fingerprint density at radius 2 is 2.08 bits per heavy atom. The van der Waals surface area contributed by atoms with E-state index in [0.717, 1.165) is 6.07 Å². The number of halogens is 4. The standard InChI is InChI=1S/C8H7ClF3N/c9-6-2-1-5(3-7(6)10)13-4-8(11)12/h1-3,8,13H,4H2. The van der Waals surface area contributed by atoms with E-state index in [4.69, 9.17) is 11.6 Å². The summed E-state index contributed by atoms with van der Waals surface area (Å²) in [6.07, 6.45) is -2.46. The second-order valence-electron chi connectivity index (χ2n) is 2.40. The van der Waals surface area contributed by atoms with Crippen LogP contribution in [0.25, 0.3) is 0 Å². The number of nitrogens with one attached hydrogen (secondary N) is 1. The summed E-state index contributed by atoms with van der Waals surface area (Å²) < 4.78 is 36.2. The van der Waals surface area contributed by atoms with Crippen LogP contribution in [0.2, 0.25) is 5.02 Å². The summed E-state index contributed by atoms with van der Waals surface area (Å²) in [6.45, 7) is -0.499. The maximum absolute atomic E-state index is 12.7. The highest BCUT2D eigenvalue weighted by Gasteiger charge is 2.03. The summed E-state index contributed by atoms with van der Waals surface area (Å²) in [6, 6.07) is 3.82. The predicted molar refractivity (Wildman–Crippen MR) is 45.9 cm³/mol. The summed E-state index contributed by atoms with van der Waals surface area (Å²) in [5.74, 6) is -0.624. The Labute approximate surface area is 78.5 Å². The molecule has 0 saturated heterocycles. The Morgan fingerprint density at radius 1 is 1.38 bits per heavy atom. The van der Waals surface area contributed by atoms with Crippen molar-refractivity contribution in [1.29, 1.82) is 0 Å². The molecule has 0 bridgehead atoms. The molecule has 0 fully saturated rings. The number of anilines is 1. The third-order valence-corrected chi connectivity index (χ3v) is 1.69. The summed E-state index contributed by atoms with van der Waals surface area (Å²) in [5.41, 5.74) is 0.294. The van der Waals surface area contributed by atoms with E-state index in [9.17, 15) is 13.2 Å². The Kier molecular flexibility index (Phi) is 3.42. The van der Waals surface area contributed by atoms with Gasteiger partial charge in [0.25, 0.3) is 6.43 Å². The molecule has 0 aliphatic heterocycles. The lowest BCUT2D eigenvalue weighted by Crippen LogP contribution is -2.10. The molecule has 1 nitrogen and oxygen atoms in total. The molecule has 1 N–H and O–H groups in total. The summed E-state index contributed by atoms with van der Waals surface area (Å²) in [7, 11) is 0. The molecular weight excluding hydrogens is 203 g/mol. The van der Waals surface area contributed by atoms with Crippen molar-refractivity contribution in [2.45, 2.75) is 6.43 Å². The molecule has 0 saturated carbocycles. The largest absolute Gasteiger partial charge is 0.379 e. The zero-order valence-electron chi connectivity index (χ0n) is 6.53. The Bertz CT molecular complexity index is 291. The SMILES string of the molecule is Fc1cc(NCC(F)F)ccc1Cl. The van der Waals surface area contributed by atoms with E-state index in [1.165, 1.54) is 12.1 Å². The van der Waals surface area contributed by atoms with Gasteiger partial charge in [-0.3, -0.25) is 0 Å². The van der Waals surface area contributed by atoms with Crippen molar-refractivity contribution >= 4 is 17.3 Å². The van der Waals surface area contributed by atoms with E-state index >= 15 is 0 Å². The van der Waals surface area contributed by atoms with Crippen LogP contribution < -0.4 is 5.32 Å². The fourth-order valence-corrected chi connectivity index (χ4v) is 0.919. The quantitative estimate of drug-likeness (QED) is 0.807. The lowest BCUT2D eigenvalue weighted by Gasteiger charge is -2.05. The number of rotatable bonds is 3. The van der Waals surface area contributed by atoms with E-state index in [0.29, 0.717) is 5.69 Å². The molecule has 0 radical (unpaired) electrons. The minimum absolute atomic E-state index is 0.0254. The fraction of sp³-hybridized carbons (Fsp3) is 0.250. The molecule has 5 heteroatoms. The highest BCUT2D eigenvalue weighted by atomic mass is 35.5. The smallest absolute Gasteiger partial charge is 0.255 e. The van der Waals surface area contributed by atoms with Crippen molar-refractivity contribution in [3.05, 3.63) is 29.0 Å². The summed E-state index contributed by atoms with van der Waals surface area (Å²) >= 11 is 5.39. The first kappa shape index (κ1) is 10.2. The number of alkyl halides is 2. The van der Waals surface area contributed by atoms with Gasteiger partial charge in [0.05, 0.1) is 11.6 Å². The summed E-state index contributed by atoms with van der Waals surface area (Å²) in [5, 5.41) is 2.34. The average Bonchev–Trinajstić information content (AvgIpc) is 2.07. The van der Waals surface area contributed by atoms with Crippen molar-refractivity contribution in [2.75, 3.05) is 11.9 Å². The Balaban J connectivity index is 2.63. The van der Waals surface area contributed by atoms with Gasteiger partial charge in [-0.2, -0.15) is 0 Å². The van der Waals surface area contributed by atoms with Crippen molar-refractivity contribution < 1.29 is 13.2 Å². The van der Waals surface area contributed by atoms with Gasteiger partial charge in [-0.05, 0) is 18.2 Å². The van der Waals surface area contributed by atoms with E-state index in [-0.39, 0.29) is 5.02 Å². The lowest BCUT2D eigenvalue weighted by atomic mass is 10.3. The molecule has 0 amide bonds. The zero-order valence-corrected chi connectivity index (χ0v) is 7.28. The normalized spacial score (nSPS) is 10.5. The minimum Gasteiger partial charge on any atom is -0.379 e. The molecule has 13 heavy (non-hydrogen) atoms. The molecule has 1 aromatic rings. The van der Waals surface area contributed by atoms with Crippen LogP contribution >= 0.6 is 11.6 Å². The van der Waals surface area contributed by atoms with Crippen molar-refractivity contribution in [2.24, 2.45) is 0 Å². The predicted octanol–water partition coefficient (Wildman–Crippen LogP) is 3.16. The number of benzene rings is 1. The maximum Gasteiger partial charge on any atom is 0.255 e. The average molecular weight is 210 g/mol. The third kappa shape index (κ3) is 3.14. The zero-order chi connectivity index (χ0) is 9.84. The Morgan fingerprint density at radius 3 is 2.62 bits per heavy atom. The van der Waals surface area contributed by atoms with Crippen LogP contribution in [0.5, 0.6) is 0 Å². The molecule has 0 aliphatic carbocycles. The number of hydrogen-bond donors (Lipinski definition) is 1. The highest BCUT2D eigenvalue weighted by Crippen LogP contribution is 2.18. The minimum atomic E-state index is -2.46. The van der Waals surface area contributed by atoms with Gasteiger partial charge < -0.3 is 5.32 Å². The van der Waals surface area contributed by atoms with Crippen LogP contribution in [0.1, 0.15) is 0 Å². The molecule has 0 aromatic heterocycles. The molecule has 1 aromatic carbocycles. The molecule has 0 heterocycles. The topological polar surface area (TPSA) is 12.0 Å². The highest BCUT2D eigenvalue weighted by molar-refractivity contribution is 6.30. The first-order chi connectivity index (χ1) is 6.09. The summed E-state index contributed by atoms with van der Waals surface area (Å²) in [4.78, 5) is 0. The van der Waals surface area contributed by atoms with Crippen molar-refractivity contribution in [3.63, 3.8) is 0 Å². The molecule has 0 atom stereocenters. The van der Waals surface area contributed by atoms with Gasteiger partial charge in [0.15, 0.2) is 0 Å². The molecule has 72 valence electrons. The number of hydrogen-bond acceptors (Lipinski definition) is 1. The van der Waals surface area contributed by atoms with Crippen LogP contribution in [0.3, 0.4) is 0 Å². The Hall–Kier alpha value is -0.900. The van der Waals surface area contributed by atoms with Crippen LogP contribution in [-0.2, 0) is 0 Å². The second-order valence-corrected chi connectivity index (χ2v) is 2.81.